The Kier molecular flexibility index (Phi) is 3.80. The van der Waals surface area contributed by atoms with E-state index in [2.05, 4.69) is 9.47 Å². The molecule has 2 aliphatic rings. The van der Waals surface area contributed by atoms with Crippen molar-refractivity contribution < 1.29 is 51.4 Å². The Morgan fingerprint density at radius 2 is 1.97 bits per heavy atom. The second kappa shape index (κ2) is 8.77. The maximum atomic E-state index is 15.8. The predicted octanol–water partition coefficient (Wildman–Crippen LogP) is 4.99. The Morgan fingerprint density at radius 1 is 1.27 bits per heavy atom. The first-order valence-electron chi connectivity index (χ1n) is 16.4. The molecule has 198 valence electrons. The summed E-state index contributed by atoms with van der Waals surface area (Å²) in [6.45, 7) is -3.49. The number of ketones is 1. The van der Waals surface area contributed by atoms with Crippen LogP contribution in [0.1, 0.15) is 70.5 Å². The van der Waals surface area contributed by atoms with Gasteiger partial charge in [-0.15, -0.1) is 8.78 Å². The lowest BCUT2D eigenvalue weighted by Crippen LogP contribution is -2.26. The van der Waals surface area contributed by atoms with Crippen molar-refractivity contribution in [2.45, 2.75) is 76.1 Å². The second-order valence-corrected chi connectivity index (χ2v) is 9.57. The molecule has 2 heterocycles. The van der Waals surface area contributed by atoms with Crippen molar-refractivity contribution in [3.63, 3.8) is 0 Å². The number of benzene rings is 2. The highest BCUT2D eigenvalue weighted by atomic mass is 19.3. The van der Waals surface area contributed by atoms with E-state index in [1.165, 1.54) is 26.8 Å². The molecule has 0 spiro atoms. The van der Waals surface area contributed by atoms with Crippen LogP contribution in [0.5, 0.6) is 11.5 Å². The van der Waals surface area contributed by atoms with Crippen molar-refractivity contribution in [1.82, 2.24) is 4.57 Å². The molecule has 0 bridgehead atoms. The highest BCUT2D eigenvalue weighted by Gasteiger charge is 2.52. The number of ether oxygens (including phenoxy) is 2. The molecule has 3 aromatic rings. The van der Waals surface area contributed by atoms with E-state index in [0.717, 1.165) is 12.1 Å². The number of halogens is 3. The molecule has 9 heteroatoms. The van der Waals surface area contributed by atoms with Gasteiger partial charge in [-0.3, -0.25) is 4.79 Å². The van der Waals surface area contributed by atoms with Gasteiger partial charge in [0.1, 0.15) is 11.6 Å². The lowest BCUT2D eigenvalue weighted by molar-refractivity contribution is -0.286. The SMILES string of the molecule is [2H]c1c([2H])c(C2(C(=O)Cc3cc4cc(C(C)(C)C([2H])([2H])C)n(C([2H])([2H])[C@@]([2H])(O)C([2H])([2H])O)c4cc3F)CC2)c([2H])c2c1OC(F)(F)O2. The quantitative estimate of drug-likeness (QED) is 0.410. The van der Waals surface area contributed by atoms with E-state index >= 15 is 4.39 Å². The van der Waals surface area contributed by atoms with Crippen molar-refractivity contribution in [3.8, 4) is 11.5 Å². The lowest BCUT2D eigenvalue weighted by Gasteiger charge is -2.26. The molecule has 1 atom stereocenters. The maximum absolute atomic E-state index is 15.8. The zero-order valence-electron chi connectivity index (χ0n) is 30.1. The molecule has 1 aliphatic carbocycles. The molecule has 0 amide bonds. The van der Waals surface area contributed by atoms with E-state index in [0.29, 0.717) is 4.57 Å². The van der Waals surface area contributed by atoms with Gasteiger partial charge >= 0.3 is 6.29 Å². The molecule has 37 heavy (non-hydrogen) atoms. The smallest absolute Gasteiger partial charge is 0.395 e. The summed E-state index contributed by atoms with van der Waals surface area (Å²) in [7, 11) is 0. The number of alkyl halides is 2. The van der Waals surface area contributed by atoms with Crippen molar-refractivity contribution in [2.75, 3.05) is 6.56 Å². The van der Waals surface area contributed by atoms with E-state index in [-0.39, 0.29) is 40.6 Å². The van der Waals surface area contributed by atoms with Gasteiger partial charge in [0.2, 0.25) is 0 Å². The molecule has 0 radical (unpaired) electrons. The van der Waals surface area contributed by atoms with Gasteiger partial charge in [-0.2, -0.15) is 0 Å². The zero-order chi connectivity index (χ0) is 35.7. The fourth-order valence-electron chi connectivity index (χ4n) is 4.41. The largest absolute Gasteiger partial charge is 0.586 e. The number of aliphatic hydroxyl groups is 2. The van der Waals surface area contributed by atoms with Gasteiger partial charge in [-0.25, -0.2) is 4.39 Å². The minimum Gasteiger partial charge on any atom is -0.395 e. The fraction of sp³-hybridized carbons (Fsp3) is 0.464. The van der Waals surface area contributed by atoms with Gasteiger partial charge in [-0.1, -0.05) is 26.8 Å². The Balaban J connectivity index is 1.63. The number of hydrogen-bond donors (Lipinski definition) is 2. The van der Waals surface area contributed by atoms with Crippen LogP contribution in [0, 0.1) is 5.82 Å². The first-order chi connectivity index (χ1) is 21.1. The normalized spacial score (nSPS) is 24.2. The highest BCUT2D eigenvalue weighted by molar-refractivity contribution is 5.95. The summed E-state index contributed by atoms with van der Waals surface area (Å²) in [5.74, 6) is -3.45. The second-order valence-electron chi connectivity index (χ2n) is 9.57. The molecular weight excluding hydrogens is 487 g/mol. The number of carbonyl (C=O) groups excluding carboxylic acids is 1. The van der Waals surface area contributed by atoms with Crippen LogP contribution in [-0.2, 0) is 28.5 Å². The monoisotopic (exact) mass is 527 g/mol. The van der Waals surface area contributed by atoms with Gasteiger partial charge in [0.25, 0.3) is 0 Å². The topological polar surface area (TPSA) is 80.9 Å². The minimum absolute atomic E-state index is 0.00864. The summed E-state index contributed by atoms with van der Waals surface area (Å²) in [6.07, 6.45) is -10.8. The molecule has 0 unspecified atom stereocenters. The summed E-state index contributed by atoms with van der Waals surface area (Å²) in [6, 6.07) is 0.838. The van der Waals surface area contributed by atoms with Gasteiger partial charge < -0.3 is 24.3 Å². The number of carbonyl (C=O) groups is 1. The molecule has 5 rings (SSSR count). The van der Waals surface area contributed by atoms with Crippen LogP contribution in [0.2, 0.25) is 0 Å². The van der Waals surface area contributed by atoms with Crippen molar-refractivity contribution in [2.24, 2.45) is 0 Å². The number of aromatic nitrogens is 1. The van der Waals surface area contributed by atoms with Gasteiger partial charge in [-0.05, 0) is 60.6 Å². The van der Waals surface area contributed by atoms with Crippen LogP contribution in [0.15, 0.2) is 36.3 Å². The molecule has 1 saturated carbocycles. The predicted molar refractivity (Wildman–Crippen MR) is 131 cm³/mol. The fourth-order valence-corrected chi connectivity index (χ4v) is 4.41. The molecule has 2 aromatic carbocycles. The van der Waals surface area contributed by atoms with Gasteiger partial charge in [0, 0.05) is 25.7 Å². The maximum Gasteiger partial charge on any atom is 0.586 e. The summed E-state index contributed by atoms with van der Waals surface area (Å²) in [5, 5.41) is 20.5. The number of rotatable bonds is 9. The van der Waals surface area contributed by atoms with E-state index in [4.69, 9.17) is 13.7 Å². The molecule has 1 aromatic heterocycles. The third-order valence-electron chi connectivity index (χ3n) is 6.86. The van der Waals surface area contributed by atoms with Crippen LogP contribution >= 0.6 is 0 Å². The molecule has 1 aliphatic heterocycles. The zero-order valence-corrected chi connectivity index (χ0v) is 20.1. The Morgan fingerprint density at radius 3 is 2.62 bits per heavy atom. The molecule has 0 saturated heterocycles. The van der Waals surface area contributed by atoms with Crippen LogP contribution in [-0.4, -0.2) is 39.5 Å². The van der Waals surface area contributed by atoms with Gasteiger partial charge in [0.15, 0.2) is 11.5 Å². The Bertz CT molecular complexity index is 1830. The van der Waals surface area contributed by atoms with Crippen LogP contribution in [0.3, 0.4) is 0 Å². The number of Topliss-reactive ketones (excluding diaryl/α,β-unsaturated/α-hetero) is 1. The highest BCUT2D eigenvalue weighted by Crippen LogP contribution is 2.52. The third-order valence-corrected chi connectivity index (χ3v) is 6.86. The first kappa shape index (κ1) is 16.0. The lowest BCUT2D eigenvalue weighted by atomic mass is 9.86. The first-order valence-corrected chi connectivity index (χ1v) is 11.4. The van der Waals surface area contributed by atoms with Crippen LogP contribution in [0.25, 0.3) is 10.9 Å². The summed E-state index contributed by atoms with van der Waals surface area (Å²) in [4.78, 5) is 13.7. The van der Waals surface area contributed by atoms with Gasteiger partial charge in [0.05, 0.1) is 41.0 Å². The number of hydrogen-bond acceptors (Lipinski definition) is 5. The summed E-state index contributed by atoms with van der Waals surface area (Å²) in [5.41, 5.74) is -4.49. The summed E-state index contributed by atoms with van der Waals surface area (Å²) < 4.78 is 134. The molecular formula is C28H30F3NO5. The standard InChI is InChI=1S/C28H30F3NO5/c1-4-26(2,3)24-10-17-9-16(20(29)13-21(17)32(24)14-19(34)15-33)11-25(35)27(7-8-27)18-5-6-22-23(12-18)37-28(30,31)36-22/h5-6,9-10,12-13,19,33-34H,4,7-8,11,14-15H2,1-3H3/t19-/m1/s1/i4D2,5D,6D,12D,14D2,15D2,19D. The van der Waals surface area contributed by atoms with E-state index in [9.17, 15) is 23.8 Å². The number of nitrogens with zero attached hydrogens (tertiary/aromatic N) is 1. The van der Waals surface area contributed by atoms with Crippen molar-refractivity contribution in [3.05, 3.63) is 59.0 Å². The summed E-state index contributed by atoms with van der Waals surface area (Å²) >= 11 is 0. The number of fused-ring (bicyclic) bond motifs is 2. The third kappa shape index (κ3) is 4.48. The van der Waals surface area contributed by atoms with Crippen molar-refractivity contribution >= 4 is 16.7 Å². The molecule has 2 N–H and O–H groups in total. The minimum atomic E-state index is -4.19. The molecule has 6 nitrogen and oxygen atoms in total. The average molecular weight is 528 g/mol. The van der Waals surface area contributed by atoms with E-state index in [1.807, 2.05) is 0 Å². The average Bonchev–Trinajstić information content (AvgIpc) is 3.51. The Labute approximate surface area is 226 Å². The molecule has 1 fully saturated rings. The van der Waals surface area contributed by atoms with E-state index in [1.54, 1.807) is 0 Å². The van der Waals surface area contributed by atoms with Crippen LogP contribution < -0.4 is 9.47 Å². The van der Waals surface area contributed by atoms with Crippen molar-refractivity contribution in [1.29, 1.82) is 0 Å². The van der Waals surface area contributed by atoms with Crippen LogP contribution in [0.4, 0.5) is 13.2 Å². The Hall–Kier alpha value is -3.04. The van der Waals surface area contributed by atoms with E-state index < -0.39 is 90.3 Å².